The number of ether oxygens (including phenoxy) is 6. The topological polar surface area (TPSA) is 151 Å². The Kier molecular flexibility index (Phi) is 9.11. The van der Waals surface area contributed by atoms with Crippen LogP contribution in [0.15, 0.2) is 21.9 Å². The molecule has 0 spiro atoms. The highest BCUT2D eigenvalue weighted by atomic mass is 16.7. The van der Waals surface area contributed by atoms with Crippen molar-refractivity contribution in [3.05, 3.63) is 33.1 Å². The molecule has 0 aromatic carbocycles. The van der Waals surface area contributed by atoms with Crippen LogP contribution in [0.4, 0.5) is 0 Å². The maximum absolute atomic E-state index is 13.0. The Hall–Kier alpha value is -3.03. The van der Waals surface area contributed by atoms with E-state index < -0.39 is 53.7 Å². The fraction of sp³-hybridized carbons (Fsp3) is 0.632. The molecule has 2 rings (SSSR count). The van der Waals surface area contributed by atoms with E-state index in [1.54, 1.807) is 0 Å². The minimum atomic E-state index is -1.28. The maximum Gasteiger partial charge on any atom is 0.335 e. The predicted octanol–water partition coefficient (Wildman–Crippen LogP) is -1.05. The van der Waals surface area contributed by atoms with Crippen LogP contribution >= 0.6 is 0 Å². The van der Waals surface area contributed by atoms with Crippen LogP contribution < -0.4 is 11.2 Å². The highest BCUT2D eigenvalue weighted by Gasteiger charge is 2.51. The molecule has 1 aromatic rings. The smallest absolute Gasteiger partial charge is 0.335 e. The molecule has 0 amide bonds. The van der Waals surface area contributed by atoms with Crippen LogP contribution in [0.3, 0.4) is 0 Å². The molecule has 32 heavy (non-hydrogen) atoms. The lowest BCUT2D eigenvalue weighted by Crippen LogP contribution is -2.45. The second kappa shape index (κ2) is 11.5. The zero-order valence-electron chi connectivity index (χ0n) is 18.2. The Bertz CT molecular complexity index is 938. The van der Waals surface area contributed by atoms with Crippen LogP contribution in [-0.2, 0) is 49.5 Å². The third-order valence-electron chi connectivity index (χ3n) is 4.36. The highest BCUT2D eigenvalue weighted by molar-refractivity contribution is 5.67. The van der Waals surface area contributed by atoms with Gasteiger partial charge in [0.05, 0.1) is 13.2 Å². The van der Waals surface area contributed by atoms with E-state index in [9.17, 15) is 24.0 Å². The first-order chi connectivity index (χ1) is 15.1. The van der Waals surface area contributed by atoms with Crippen LogP contribution in [0.2, 0.25) is 0 Å². The maximum atomic E-state index is 13.0. The first kappa shape index (κ1) is 25.2. The Morgan fingerprint density at radius 2 is 1.66 bits per heavy atom. The van der Waals surface area contributed by atoms with Gasteiger partial charge in [-0.05, 0) is 0 Å². The molecule has 4 atom stereocenters. The summed E-state index contributed by atoms with van der Waals surface area (Å²) < 4.78 is 33.2. The summed E-state index contributed by atoms with van der Waals surface area (Å²) >= 11 is 0. The van der Waals surface area contributed by atoms with E-state index >= 15 is 0 Å². The van der Waals surface area contributed by atoms with E-state index in [-0.39, 0.29) is 26.6 Å². The van der Waals surface area contributed by atoms with E-state index in [0.29, 0.717) is 0 Å². The zero-order chi connectivity index (χ0) is 23.8. The molecule has 1 aliphatic heterocycles. The Morgan fingerprint density at radius 3 is 2.25 bits per heavy atom. The van der Waals surface area contributed by atoms with Crippen molar-refractivity contribution in [2.45, 2.75) is 52.0 Å². The van der Waals surface area contributed by atoms with Gasteiger partial charge in [-0.25, -0.2) is 9.36 Å². The minimum Gasteiger partial charge on any atom is -0.463 e. The van der Waals surface area contributed by atoms with Gasteiger partial charge in [0, 0.05) is 40.1 Å². The monoisotopic (exact) mass is 458 g/mol. The van der Waals surface area contributed by atoms with E-state index in [4.69, 9.17) is 28.4 Å². The number of aromatic nitrogens is 2. The Labute approximate surface area is 182 Å². The summed E-state index contributed by atoms with van der Waals surface area (Å²) in [5, 5.41) is 0. The van der Waals surface area contributed by atoms with Crippen molar-refractivity contribution < 1.29 is 42.8 Å². The normalized spacial score (nSPS) is 22.4. The quantitative estimate of drug-likeness (QED) is 0.240. The van der Waals surface area contributed by atoms with Gasteiger partial charge in [-0.15, -0.1) is 0 Å². The Balaban J connectivity index is 2.42. The van der Waals surface area contributed by atoms with Gasteiger partial charge >= 0.3 is 23.6 Å². The van der Waals surface area contributed by atoms with Gasteiger partial charge < -0.3 is 28.4 Å². The van der Waals surface area contributed by atoms with E-state index in [0.717, 1.165) is 35.2 Å². The molecule has 1 fully saturated rings. The number of esters is 3. The number of carbonyl (C=O) groups is 3. The second-order valence-electron chi connectivity index (χ2n) is 6.82. The molecule has 178 valence electrons. The van der Waals surface area contributed by atoms with Gasteiger partial charge in [0.1, 0.15) is 19.4 Å². The number of rotatable bonds is 10. The standard InChI is InChI=1S/C19H26N2O11/c1-11(22)29-9-14-16(30-12(2)23)17(31-13(3)24)18(32-14)20-6-5-15(25)21(19(20)26)10-28-8-7-27-4/h5-6,14,16-18H,7-10H2,1-4H3/t14-,16-,17-,18-/m1/s1. The zero-order valence-corrected chi connectivity index (χ0v) is 18.2. The van der Waals surface area contributed by atoms with Crippen molar-refractivity contribution in [1.29, 1.82) is 0 Å². The van der Waals surface area contributed by atoms with Gasteiger partial charge in [-0.1, -0.05) is 0 Å². The molecule has 0 N–H and O–H groups in total. The summed E-state index contributed by atoms with van der Waals surface area (Å²) in [4.78, 5) is 59.7. The van der Waals surface area contributed by atoms with Crippen LogP contribution in [0.5, 0.6) is 0 Å². The SMILES string of the molecule is COCCOCn1c(=O)ccn([C@@H]2O[C@H](COC(C)=O)[C@@H](OC(C)=O)[C@H]2OC(C)=O)c1=O. The summed E-state index contributed by atoms with van der Waals surface area (Å²) in [6, 6.07) is 1.11. The van der Waals surface area contributed by atoms with E-state index in [1.807, 2.05) is 0 Å². The molecule has 0 aliphatic carbocycles. The molecule has 1 aliphatic rings. The molecule has 0 unspecified atom stereocenters. The van der Waals surface area contributed by atoms with Crippen LogP contribution in [0, 0.1) is 0 Å². The van der Waals surface area contributed by atoms with Crippen molar-refractivity contribution >= 4 is 17.9 Å². The predicted molar refractivity (Wildman–Crippen MR) is 104 cm³/mol. The van der Waals surface area contributed by atoms with Crippen molar-refractivity contribution in [2.24, 2.45) is 0 Å². The summed E-state index contributed by atoms with van der Waals surface area (Å²) in [6.07, 6.45) is -3.58. The molecule has 0 saturated carbocycles. The molecule has 0 radical (unpaired) electrons. The largest absolute Gasteiger partial charge is 0.463 e. The lowest BCUT2D eigenvalue weighted by Gasteiger charge is -2.24. The minimum absolute atomic E-state index is 0.145. The van der Waals surface area contributed by atoms with Crippen molar-refractivity contribution in [3.8, 4) is 0 Å². The number of nitrogens with zero attached hydrogens (tertiary/aromatic N) is 2. The van der Waals surface area contributed by atoms with Crippen molar-refractivity contribution in [2.75, 3.05) is 26.9 Å². The number of hydrogen-bond donors (Lipinski definition) is 0. The first-order valence-corrected chi connectivity index (χ1v) is 9.67. The van der Waals surface area contributed by atoms with E-state index in [1.165, 1.54) is 14.0 Å². The first-order valence-electron chi connectivity index (χ1n) is 9.67. The lowest BCUT2D eigenvalue weighted by molar-refractivity contribution is -0.166. The summed E-state index contributed by atoms with van der Waals surface area (Å²) in [5.41, 5.74) is -1.44. The number of hydrogen-bond acceptors (Lipinski definition) is 11. The van der Waals surface area contributed by atoms with Crippen molar-refractivity contribution in [1.82, 2.24) is 9.13 Å². The molecule has 1 saturated heterocycles. The lowest BCUT2D eigenvalue weighted by atomic mass is 10.1. The second-order valence-corrected chi connectivity index (χ2v) is 6.82. The molecule has 0 bridgehead atoms. The van der Waals surface area contributed by atoms with Gasteiger partial charge in [0.2, 0.25) is 0 Å². The Morgan fingerprint density at radius 1 is 1.00 bits per heavy atom. The van der Waals surface area contributed by atoms with Gasteiger partial charge in [0.15, 0.2) is 18.4 Å². The summed E-state index contributed by atoms with van der Waals surface area (Å²) in [6.45, 7) is 3.19. The average molecular weight is 458 g/mol. The van der Waals surface area contributed by atoms with Crippen LogP contribution in [0.25, 0.3) is 0 Å². The average Bonchev–Trinajstić information content (AvgIpc) is 3.01. The molecule has 2 heterocycles. The highest BCUT2D eigenvalue weighted by Crippen LogP contribution is 2.33. The van der Waals surface area contributed by atoms with Gasteiger partial charge in [0.25, 0.3) is 5.56 Å². The van der Waals surface area contributed by atoms with Crippen molar-refractivity contribution in [3.63, 3.8) is 0 Å². The third-order valence-corrected chi connectivity index (χ3v) is 4.36. The van der Waals surface area contributed by atoms with Gasteiger partial charge in [-0.3, -0.25) is 23.7 Å². The molecule has 1 aromatic heterocycles. The number of carbonyl (C=O) groups excluding carboxylic acids is 3. The van der Waals surface area contributed by atoms with Gasteiger partial charge in [-0.2, -0.15) is 0 Å². The van der Waals surface area contributed by atoms with Crippen LogP contribution in [-0.4, -0.2) is 72.3 Å². The molecular weight excluding hydrogens is 432 g/mol. The van der Waals surface area contributed by atoms with Crippen LogP contribution in [0.1, 0.15) is 27.0 Å². The third kappa shape index (κ3) is 6.48. The van der Waals surface area contributed by atoms with E-state index in [2.05, 4.69) is 0 Å². The fourth-order valence-electron chi connectivity index (χ4n) is 3.06. The molecular formula is C19H26N2O11. The molecule has 13 nitrogen and oxygen atoms in total. The fourth-order valence-corrected chi connectivity index (χ4v) is 3.06. The summed E-state index contributed by atoms with van der Waals surface area (Å²) in [5.74, 6) is -2.03. The number of methoxy groups -OCH3 is 1. The summed E-state index contributed by atoms with van der Waals surface area (Å²) in [7, 11) is 1.48. The molecule has 13 heteroatoms.